The van der Waals surface area contributed by atoms with Crippen molar-refractivity contribution in [1.82, 2.24) is 10.4 Å². The predicted octanol–water partition coefficient (Wildman–Crippen LogP) is 3.67. The Morgan fingerprint density at radius 3 is 2.14 bits per heavy atom. The molecule has 1 amide bonds. The lowest BCUT2D eigenvalue weighted by Crippen LogP contribution is -2.46. The van der Waals surface area contributed by atoms with Crippen LogP contribution in [0, 0.1) is 0 Å². The zero-order chi connectivity index (χ0) is 22.1. The maximum atomic E-state index is 12.2. The average molecular weight is 407 g/mol. The van der Waals surface area contributed by atoms with Crippen molar-refractivity contribution < 1.29 is 19.2 Å². The molecule has 0 aromatic heterocycles. The number of aryl methyl sites for hydroxylation is 1. The molecule has 1 rings (SSSR count). The van der Waals surface area contributed by atoms with E-state index in [1.807, 2.05) is 32.9 Å². The van der Waals surface area contributed by atoms with Gasteiger partial charge in [0, 0.05) is 12.0 Å². The molecular formula is C23H38N2O4. The topological polar surface area (TPSA) is 67.9 Å². The zero-order valence-electron chi connectivity index (χ0n) is 19.1. The summed E-state index contributed by atoms with van der Waals surface area (Å²) < 4.78 is 4.88. The molecule has 1 unspecified atom stereocenters. The second kappa shape index (κ2) is 11.3. The van der Waals surface area contributed by atoms with Gasteiger partial charge in [0.05, 0.1) is 12.7 Å². The zero-order valence-corrected chi connectivity index (χ0v) is 19.1. The van der Waals surface area contributed by atoms with E-state index in [2.05, 4.69) is 38.2 Å². The van der Waals surface area contributed by atoms with Gasteiger partial charge in [0.15, 0.2) is 6.04 Å². The number of rotatable bonds is 11. The van der Waals surface area contributed by atoms with E-state index in [-0.39, 0.29) is 5.54 Å². The van der Waals surface area contributed by atoms with Crippen molar-refractivity contribution in [3.05, 3.63) is 35.4 Å². The molecular weight excluding hydrogens is 368 g/mol. The number of ether oxygens (including phenoxy) is 1. The normalized spacial score (nSPS) is 13.1. The number of carbonyl (C=O) groups is 2. The molecule has 29 heavy (non-hydrogen) atoms. The van der Waals surface area contributed by atoms with Crippen molar-refractivity contribution >= 4 is 12.4 Å². The van der Waals surface area contributed by atoms with Gasteiger partial charge < -0.3 is 10.1 Å². The Labute approximate surface area is 175 Å². The molecule has 0 bridgehead atoms. The molecule has 0 aliphatic heterocycles. The van der Waals surface area contributed by atoms with Crippen LogP contribution in [0.4, 0.5) is 0 Å². The fourth-order valence-corrected chi connectivity index (χ4v) is 2.87. The number of amides is 1. The third-order valence-corrected chi connectivity index (χ3v) is 4.26. The number of nitrogens with one attached hydrogen (secondary N) is 1. The number of benzene rings is 1. The predicted molar refractivity (Wildman–Crippen MR) is 115 cm³/mol. The maximum absolute atomic E-state index is 12.2. The van der Waals surface area contributed by atoms with E-state index in [1.165, 1.54) is 12.7 Å². The van der Waals surface area contributed by atoms with Gasteiger partial charge in [0.25, 0.3) is 0 Å². The monoisotopic (exact) mass is 406 g/mol. The van der Waals surface area contributed by atoms with Gasteiger partial charge in [-0.15, -0.1) is 0 Å². The first-order valence-corrected chi connectivity index (χ1v) is 10.3. The molecule has 0 heterocycles. The lowest BCUT2D eigenvalue weighted by molar-refractivity contribution is -0.235. The Balaban J connectivity index is 2.67. The van der Waals surface area contributed by atoms with Crippen molar-refractivity contribution in [2.24, 2.45) is 0 Å². The highest BCUT2D eigenvalue weighted by Crippen LogP contribution is 2.17. The van der Waals surface area contributed by atoms with E-state index >= 15 is 0 Å². The lowest BCUT2D eigenvalue weighted by atomic mass is 10.0. The summed E-state index contributed by atoms with van der Waals surface area (Å²) in [5.41, 5.74) is 1.77. The number of nitrogens with zero attached hydrogens (tertiary/aromatic N) is 1. The fraction of sp³-hybridized carbons (Fsp3) is 0.652. The number of methoxy groups -OCH3 is 1. The highest BCUT2D eigenvalue weighted by atomic mass is 16.7. The van der Waals surface area contributed by atoms with Crippen LogP contribution >= 0.6 is 0 Å². The third kappa shape index (κ3) is 10.4. The first kappa shape index (κ1) is 25.1. The van der Waals surface area contributed by atoms with Crippen LogP contribution < -0.4 is 5.32 Å². The van der Waals surface area contributed by atoms with Crippen molar-refractivity contribution in [3.63, 3.8) is 0 Å². The Hall–Kier alpha value is -1.92. The number of carbonyl (C=O) groups excluding carboxylic acids is 2. The Morgan fingerprint density at radius 1 is 1.07 bits per heavy atom. The summed E-state index contributed by atoms with van der Waals surface area (Å²) in [7, 11) is 1.31. The quantitative estimate of drug-likeness (QED) is 0.263. The number of unbranched alkanes of at least 4 members (excludes halogenated alkanes) is 1. The Bertz CT molecular complexity index is 630. The van der Waals surface area contributed by atoms with E-state index < -0.39 is 17.6 Å². The Morgan fingerprint density at radius 2 is 1.66 bits per heavy atom. The van der Waals surface area contributed by atoms with Gasteiger partial charge in [-0.25, -0.2) is 9.86 Å². The van der Waals surface area contributed by atoms with E-state index in [1.54, 1.807) is 0 Å². The second-order valence-corrected chi connectivity index (χ2v) is 9.36. The van der Waals surface area contributed by atoms with Crippen LogP contribution in [0.1, 0.15) is 65.5 Å². The summed E-state index contributed by atoms with van der Waals surface area (Å²) in [6.07, 6.45) is 4.12. The summed E-state index contributed by atoms with van der Waals surface area (Å²) in [5, 5.41) is 4.56. The van der Waals surface area contributed by atoms with Gasteiger partial charge in [-0.2, -0.15) is 0 Å². The van der Waals surface area contributed by atoms with Crippen molar-refractivity contribution in [2.75, 3.05) is 13.7 Å². The van der Waals surface area contributed by atoms with Gasteiger partial charge in [-0.3, -0.25) is 9.63 Å². The summed E-state index contributed by atoms with van der Waals surface area (Å²) in [5.74, 6) is -0.503. The molecule has 1 N–H and O–H groups in total. The van der Waals surface area contributed by atoms with Crippen LogP contribution in [-0.4, -0.2) is 48.3 Å². The van der Waals surface area contributed by atoms with E-state index in [0.717, 1.165) is 36.4 Å². The number of hydrogen-bond acceptors (Lipinski definition) is 5. The molecule has 0 aliphatic rings. The van der Waals surface area contributed by atoms with Crippen LogP contribution in [0.5, 0.6) is 0 Å². The van der Waals surface area contributed by atoms with Crippen molar-refractivity contribution in [3.8, 4) is 0 Å². The molecule has 0 radical (unpaired) electrons. The number of hydroxylamine groups is 2. The molecule has 164 valence electrons. The SMILES string of the molecule is COC(=O)C(Cc1ccc(CCCCNC(C)(C)C)cc1)N(C=O)OC(C)(C)C. The van der Waals surface area contributed by atoms with Gasteiger partial charge >= 0.3 is 5.97 Å². The fourth-order valence-electron chi connectivity index (χ4n) is 2.87. The van der Waals surface area contributed by atoms with Crippen molar-refractivity contribution in [2.45, 2.75) is 84.4 Å². The molecule has 0 spiro atoms. The molecule has 6 heteroatoms. The van der Waals surface area contributed by atoms with Crippen LogP contribution in [0.2, 0.25) is 0 Å². The van der Waals surface area contributed by atoms with Crippen molar-refractivity contribution in [1.29, 1.82) is 0 Å². The standard InChI is InChI=1S/C23H38N2O4/c1-22(2,3)24-15-9-8-10-18-11-13-19(14-12-18)16-20(21(27)28-7)25(17-26)29-23(4,5)6/h11-14,17,20,24H,8-10,15-16H2,1-7H3. The molecule has 1 aromatic rings. The minimum absolute atomic E-state index is 0.157. The highest BCUT2D eigenvalue weighted by molar-refractivity contribution is 5.78. The van der Waals surface area contributed by atoms with Crippen LogP contribution in [0.3, 0.4) is 0 Å². The largest absolute Gasteiger partial charge is 0.467 e. The minimum Gasteiger partial charge on any atom is -0.467 e. The molecule has 0 fully saturated rings. The lowest BCUT2D eigenvalue weighted by Gasteiger charge is -2.31. The molecule has 0 saturated carbocycles. The number of esters is 1. The molecule has 0 aliphatic carbocycles. The molecule has 0 saturated heterocycles. The maximum Gasteiger partial charge on any atom is 0.331 e. The third-order valence-electron chi connectivity index (χ3n) is 4.26. The minimum atomic E-state index is -0.828. The highest BCUT2D eigenvalue weighted by Gasteiger charge is 2.30. The van der Waals surface area contributed by atoms with E-state index in [0.29, 0.717) is 12.8 Å². The van der Waals surface area contributed by atoms with E-state index in [9.17, 15) is 9.59 Å². The van der Waals surface area contributed by atoms with E-state index in [4.69, 9.17) is 9.57 Å². The first-order valence-electron chi connectivity index (χ1n) is 10.3. The molecule has 1 atom stereocenters. The Kier molecular flexibility index (Phi) is 9.80. The molecule has 6 nitrogen and oxygen atoms in total. The summed E-state index contributed by atoms with van der Waals surface area (Å²) >= 11 is 0. The average Bonchev–Trinajstić information content (AvgIpc) is 2.63. The first-order chi connectivity index (χ1) is 13.4. The van der Waals surface area contributed by atoms with Gasteiger partial charge in [0.1, 0.15) is 0 Å². The summed E-state index contributed by atoms with van der Waals surface area (Å²) in [4.78, 5) is 29.4. The van der Waals surface area contributed by atoms with Gasteiger partial charge in [-0.1, -0.05) is 24.3 Å². The van der Waals surface area contributed by atoms with Crippen LogP contribution in [0.25, 0.3) is 0 Å². The van der Waals surface area contributed by atoms with Crippen LogP contribution in [0.15, 0.2) is 24.3 Å². The summed E-state index contributed by atoms with van der Waals surface area (Å²) in [6.45, 7) is 13.0. The second-order valence-electron chi connectivity index (χ2n) is 9.36. The summed E-state index contributed by atoms with van der Waals surface area (Å²) in [6, 6.07) is 7.33. The number of hydrogen-bond donors (Lipinski definition) is 1. The van der Waals surface area contributed by atoms with Crippen LogP contribution in [-0.2, 0) is 32.0 Å². The molecule has 1 aromatic carbocycles. The van der Waals surface area contributed by atoms with Gasteiger partial charge in [-0.05, 0) is 78.5 Å². The van der Waals surface area contributed by atoms with Gasteiger partial charge in [0.2, 0.25) is 6.41 Å². The smallest absolute Gasteiger partial charge is 0.331 e.